The minimum absolute atomic E-state index is 0.191. The molecule has 0 atom stereocenters. The first-order valence-corrected chi connectivity index (χ1v) is 6.28. The molecular formula is C13H26N2O. The first-order valence-electron chi connectivity index (χ1n) is 6.28. The van der Waals surface area contributed by atoms with E-state index in [1.807, 2.05) is 11.8 Å². The van der Waals surface area contributed by atoms with Crippen LogP contribution in [0.2, 0.25) is 0 Å². The van der Waals surface area contributed by atoms with Gasteiger partial charge in [0, 0.05) is 19.6 Å². The molecule has 0 rings (SSSR count). The summed E-state index contributed by atoms with van der Waals surface area (Å²) < 4.78 is 0. The molecule has 0 aromatic rings. The fourth-order valence-electron chi connectivity index (χ4n) is 1.66. The van der Waals surface area contributed by atoms with Crippen molar-refractivity contribution in [3.63, 3.8) is 0 Å². The lowest BCUT2D eigenvalue weighted by Crippen LogP contribution is -2.40. The molecule has 0 heterocycles. The molecule has 1 amide bonds. The van der Waals surface area contributed by atoms with E-state index in [4.69, 9.17) is 0 Å². The largest absolute Gasteiger partial charge is 0.342 e. The Hall–Kier alpha value is -0.830. The molecule has 0 aliphatic rings. The molecule has 1 N–H and O–H groups in total. The summed E-state index contributed by atoms with van der Waals surface area (Å²) in [7, 11) is 0. The Labute approximate surface area is 99.9 Å². The zero-order valence-corrected chi connectivity index (χ0v) is 11.0. The van der Waals surface area contributed by atoms with Crippen LogP contribution >= 0.6 is 0 Å². The number of hydrogen-bond donors (Lipinski definition) is 1. The van der Waals surface area contributed by atoms with Gasteiger partial charge in [-0.2, -0.15) is 0 Å². The topological polar surface area (TPSA) is 32.3 Å². The molecule has 0 aromatic heterocycles. The predicted octanol–water partition coefficient (Wildman–Crippen LogP) is 2.05. The number of likely N-dealkylation sites (N-methyl/N-ethyl adjacent to an activating group) is 1. The van der Waals surface area contributed by atoms with E-state index in [-0.39, 0.29) is 5.91 Å². The molecule has 0 radical (unpaired) electrons. The summed E-state index contributed by atoms with van der Waals surface area (Å²) in [6, 6.07) is 0. The van der Waals surface area contributed by atoms with Crippen LogP contribution in [0.5, 0.6) is 0 Å². The van der Waals surface area contributed by atoms with Crippen molar-refractivity contribution in [2.24, 2.45) is 5.92 Å². The first kappa shape index (κ1) is 15.2. The molecule has 0 bridgehead atoms. The average molecular weight is 226 g/mol. The highest BCUT2D eigenvalue weighted by Gasteiger charge is 2.14. The van der Waals surface area contributed by atoms with Crippen molar-refractivity contribution in [1.82, 2.24) is 10.2 Å². The fraction of sp³-hybridized carbons (Fsp3) is 0.769. The van der Waals surface area contributed by atoms with Gasteiger partial charge in [-0.15, -0.1) is 6.58 Å². The molecule has 0 fully saturated rings. The zero-order valence-electron chi connectivity index (χ0n) is 11.0. The lowest BCUT2D eigenvalue weighted by Gasteiger charge is -2.25. The monoisotopic (exact) mass is 226 g/mol. The summed E-state index contributed by atoms with van der Waals surface area (Å²) in [4.78, 5) is 13.8. The summed E-state index contributed by atoms with van der Waals surface area (Å²) in [6.45, 7) is 12.8. The number of carbonyl (C=O) groups is 1. The molecule has 0 aromatic carbocycles. The Bertz CT molecular complexity index is 200. The van der Waals surface area contributed by atoms with Crippen LogP contribution < -0.4 is 5.32 Å². The van der Waals surface area contributed by atoms with Gasteiger partial charge in [0.1, 0.15) is 0 Å². The van der Waals surface area contributed by atoms with Gasteiger partial charge in [0.05, 0.1) is 6.54 Å². The average Bonchev–Trinajstić information content (AvgIpc) is 2.31. The Morgan fingerprint density at radius 1 is 1.38 bits per heavy atom. The Kier molecular flexibility index (Phi) is 8.91. The molecule has 0 aliphatic carbocycles. The maximum absolute atomic E-state index is 11.8. The van der Waals surface area contributed by atoms with Crippen molar-refractivity contribution in [3.8, 4) is 0 Å². The molecule has 0 spiro atoms. The third kappa shape index (κ3) is 5.91. The standard InChI is InChI=1S/C13H26N2O/c1-5-9-14-10-13(16)15(8-4)11-12(6-2)7-3/h5,12,14H,1,6-11H2,2-4H3. The second kappa shape index (κ2) is 9.40. The van der Waals surface area contributed by atoms with E-state index in [1.165, 1.54) is 0 Å². The second-order valence-electron chi connectivity index (χ2n) is 4.03. The molecule has 0 saturated carbocycles. The lowest BCUT2D eigenvalue weighted by molar-refractivity contribution is -0.130. The highest BCUT2D eigenvalue weighted by Crippen LogP contribution is 2.09. The van der Waals surface area contributed by atoms with Crippen molar-refractivity contribution < 1.29 is 4.79 Å². The van der Waals surface area contributed by atoms with Crippen molar-refractivity contribution >= 4 is 5.91 Å². The third-order valence-corrected chi connectivity index (χ3v) is 2.93. The lowest BCUT2D eigenvalue weighted by atomic mass is 10.0. The minimum atomic E-state index is 0.191. The molecule has 94 valence electrons. The Morgan fingerprint density at radius 2 is 2.00 bits per heavy atom. The van der Waals surface area contributed by atoms with Gasteiger partial charge in [0.15, 0.2) is 0 Å². The number of carbonyl (C=O) groups excluding carboxylic acids is 1. The van der Waals surface area contributed by atoms with E-state index < -0.39 is 0 Å². The molecule has 0 aliphatic heterocycles. The molecule has 16 heavy (non-hydrogen) atoms. The van der Waals surface area contributed by atoms with E-state index in [0.717, 1.165) is 25.9 Å². The summed E-state index contributed by atoms with van der Waals surface area (Å²) in [5.41, 5.74) is 0. The zero-order chi connectivity index (χ0) is 12.4. The Morgan fingerprint density at radius 3 is 2.44 bits per heavy atom. The van der Waals surface area contributed by atoms with Gasteiger partial charge >= 0.3 is 0 Å². The van der Waals surface area contributed by atoms with Crippen LogP contribution in [0.15, 0.2) is 12.7 Å². The summed E-state index contributed by atoms with van der Waals surface area (Å²) in [6.07, 6.45) is 4.05. The molecular weight excluding hydrogens is 200 g/mol. The summed E-state index contributed by atoms with van der Waals surface area (Å²) >= 11 is 0. The molecule has 0 unspecified atom stereocenters. The van der Waals surface area contributed by atoms with E-state index in [0.29, 0.717) is 19.0 Å². The van der Waals surface area contributed by atoms with Crippen LogP contribution in [-0.2, 0) is 4.79 Å². The van der Waals surface area contributed by atoms with Crippen LogP contribution in [0.4, 0.5) is 0 Å². The molecule has 0 saturated heterocycles. The molecule has 3 nitrogen and oxygen atoms in total. The van der Waals surface area contributed by atoms with Gasteiger partial charge in [0.2, 0.25) is 5.91 Å². The van der Waals surface area contributed by atoms with Gasteiger partial charge in [0.25, 0.3) is 0 Å². The number of hydrogen-bond acceptors (Lipinski definition) is 2. The highest BCUT2D eigenvalue weighted by atomic mass is 16.2. The van der Waals surface area contributed by atoms with E-state index in [2.05, 4.69) is 25.7 Å². The van der Waals surface area contributed by atoms with Gasteiger partial charge < -0.3 is 10.2 Å². The molecule has 3 heteroatoms. The van der Waals surface area contributed by atoms with Crippen LogP contribution in [0.25, 0.3) is 0 Å². The van der Waals surface area contributed by atoms with Crippen LogP contribution in [-0.4, -0.2) is 37.0 Å². The third-order valence-electron chi connectivity index (χ3n) is 2.93. The SMILES string of the molecule is C=CCNCC(=O)N(CC)CC(CC)CC. The van der Waals surface area contributed by atoms with E-state index in [1.54, 1.807) is 6.08 Å². The van der Waals surface area contributed by atoms with Crippen molar-refractivity contribution in [2.45, 2.75) is 33.6 Å². The maximum atomic E-state index is 11.8. The normalized spacial score (nSPS) is 10.5. The number of amides is 1. The Balaban J connectivity index is 4.04. The number of nitrogens with zero attached hydrogens (tertiary/aromatic N) is 1. The fourth-order valence-corrected chi connectivity index (χ4v) is 1.66. The van der Waals surface area contributed by atoms with Gasteiger partial charge in [-0.05, 0) is 12.8 Å². The van der Waals surface area contributed by atoms with E-state index in [9.17, 15) is 4.79 Å². The van der Waals surface area contributed by atoms with Crippen molar-refractivity contribution in [2.75, 3.05) is 26.2 Å². The van der Waals surface area contributed by atoms with Crippen LogP contribution in [0.1, 0.15) is 33.6 Å². The number of nitrogens with one attached hydrogen (secondary N) is 1. The second-order valence-corrected chi connectivity index (χ2v) is 4.03. The summed E-state index contributed by atoms with van der Waals surface area (Å²) in [5, 5.41) is 3.05. The van der Waals surface area contributed by atoms with Gasteiger partial charge in [-0.1, -0.05) is 32.8 Å². The predicted molar refractivity (Wildman–Crippen MR) is 69.4 cm³/mol. The maximum Gasteiger partial charge on any atom is 0.236 e. The van der Waals surface area contributed by atoms with Crippen LogP contribution in [0, 0.1) is 5.92 Å². The van der Waals surface area contributed by atoms with Gasteiger partial charge in [-0.25, -0.2) is 0 Å². The minimum Gasteiger partial charge on any atom is -0.342 e. The smallest absolute Gasteiger partial charge is 0.236 e. The van der Waals surface area contributed by atoms with Crippen molar-refractivity contribution in [3.05, 3.63) is 12.7 Å². The van der Waals surface area contributed by atoms with Crippen molar-refractivity contribution in [1.29, 1.82) is 0 Å². The quantitative estimate of drug-likeness (QED) is 0.482. The van der Waals surface area contributed by atoms with Crippen LogP contribution in [0.3, 0.4) is 0 Å². The van der Waals surface area contributed by atoms with Gasteiger partial charge in [-0.3, -0.25) is 4.79 Å². The van der Waals surface area contributed by atoms with E-state index >= 15 is 0 Å². The number of rotatable bonds is 9. The highest BCUT2D eigenvalue weighted by molar-refractivity contribution is 5.78. The first-order chi connectivity index (χ1) is 7.69. The summed E-state index contributed by atoms with van der Waals surface area (Å²) in [5.74, 6) is 0.819.